The fraction of sp³-hybridized carbons (Fsp3) is 0.143. The minimum Gasteiger partial charge on any atom is -0.469 e. The number of nitrogens with zero attached hydrogens (tertiary/aromatic N) is 1. The van der Waals surface area contributed by atoms with Crippen LogP contribution in [0.15, 0.2) is 34.9 Å². The smallest absolute Gasteiger partial charge is 0.259 e. The number of hydrogen-bond acceptors (Lipinski definition) is 4. The molecular formula is C14H13N3O2. The fourth-order valence-corrected chi connectivity index (χ4v) is 1.75. The summed E-state index contributed by atoms with van der Waals surface area (Å²) >= 11 is 0. The number of anilines is 2. The minimum atomic E-state index is -0.276. The van der Waals surface area contributed by atoms with Gasteiger partial charge in [-0.1, -0.05) is 6.92 Å². The summed E-state index contributed by atoms with van der Waals surface area (Å²) in [5.41, 5.74) is 7.56. The van der Waals surface area contributed by atoms with Gasteiger partial charge in [-0.05, 0) is 24.3 Å². The monoisotopic (exact) mass is 255 g/mol. The van der Waals surface area contributed by atoms with Crippen LogP contribution in [0.3, 0.4) is 0 Å². The molecule has 0 saturated heterocycles. The van der Waals surface area contributed by atoms with E-state index in [4.69, 9.17) is 15.4 Å². The Labute approximate surface area is 110 Å². The second kappa shape index (κ2) is 5.27. The number of carbonyl (C=O) groups excluding carboxylic acids is 1. The lowest BCUT2D eigenvalue weighted by molar-refractivity contribution is 0.102. The lowest BCUT2D eigenvalue weighted by atomic mass is 10.1. The molecule has 0 bridgehead atoms. The predicted molar refractivity (Wildman–Crippen MR) is 71.6 cm³/mol. The van der Waals surface area contributed by atoms with Crippen LogP contribution in [-0.2, 0) is 6.42 Å². The highest BCUT2D eigenvalue weighted by atomic mass is 16.3. The van der Waals surface area contributed by atoms with Crippen molar-refractivity contribution in [2.45, 2.75) is 13.3 Å². The van der Waals surface area contributed by atoms with E-state index in [1.165, 1.54) is 12.3 Å². The summed E-state index contributed by atoms with van der Waals surface area (Å²) < 4.78 is 5.20. The van der Waals surface area contributed by atoms with Crippen molar-refractivity contribution < 1.29 is 9.21 Å². The van der Waals surface area contributed by atoms with Crippen molar-refractivity contribution in [2.75, 3.05) is 11.1 Å². The van der Waals surface area contributed by atoms with Crippen LogP contribution in [0.25, 0.3) is 0 Å². The summed E-state index contributed by atoms with van der Waals surface area (Å²) in [6.07, 6.45) is 2.12. The van der Waals surface area contributed by atoms with E-state index in [1.54, 1.807) is 18.2 Å². The van der Waals surface area contributed by atoms with Crippen LogP contribution in [0.2, 0.25) is 0 Å². The second-order valence-electron chi connectivity index (χ2n) is 3.98. The molecule has 0 aliphatic heterocycles. The molecule has 5 nitrogen and oxygen atoms in total. The molecule has 0 aliphatic rings. The molecule has 0 atom stereocenters. The number of benzene rings is 1. The molecule has 2 aromatic rings. The van der Waals surface area contributed by atoms with Gasteiger partial charge in [0.15, 0.2) is 0 Å². The van der Waals surface area contributed by atoms with Crippen LogP contribution in [-0.4, -0.2) is 5.91 Å². The quantitative estimate of drug-likeness (QED) is 0.824. The van der Waals surface area contributed by atoms with Crippen LogP contribution in [0, 0.1) is 11.3 Å². The van der Waals surface area contributed by atoms with Gasteiger partial charge in [-0.2, -0.15) is 5.26 Å². The average Bonchev–Trinajstić information content (AvgIpc) is 2.89. The van der Waals surface area contributed by atoms with Gasteiger partial charge in [0.1, 0.15) is 5.76 Å². The van der Waals surface area contributed by atoms with Gasteiger partial charge in [0.2, 0.25) is 0 Å². The van der Waals surface area contributed by atoms with E-state index in [-0.39, 0.29) is 5.91 Å². The molecule has 19 heavy (non-hydrogen) atoms. The Kier molecular flexibility index (Phi) is 3.53. The lowest BCUT2D eigenvalue weighted by Gasteiger charge is -2.08. The zero-order valence-corrected chi connectivity index (χ0v) is 10.4. The van der Waals surface area contributed by atoms with Gasteiger partial charge in [0.05, 0.1) is 34.8 Å². The number of aryl methyl sites for hydroxylation is 1. The van der Waals surface area contributed by atoms with Crippen molar-refractivity contribution in [1.29, 1.82) is 5.26 Å². The van der Waals surface area contributed by atoms with Gasteiger partial charge >= 0.3 is 0 Å². The van der Waals surface area contributed by atoms with E-state index in [2.05, 4.69) is 5.32 Å². The van der Waals surface area contributed by atoms with E-state index < -0.39 is 0 Å². The van der Waals surface area contributed by atoms with Gasteiger partial charge in [-0.3, -0.25) is 4.79 Å². The summed E-state index contributed by atoms with van der Waals surface area (Å²) in [6, 6.07) is 8.33. The first-order valence-corrected chi connectivity index (χ1v) is 5.83. The number of nitrogens with two attached hydrogens (primary N) is 1. The largest absolute Gasteiger partial charge is 0.469 e. The summed E-state index contributed by atoms with van der Waals surface area (Å²) in [7, 11) is 0. The summed E-state index contributed by atoms with van der Waals surface area (Å²) in [4.78, 5) is 12.1. The van der Waals surface area contributed by atoms with Crippen LogP contribution in [0.5, 0.6) is 0 Å². The molecular weight excluding hydrogens is 242 g/mol. The zero-order chi connectivity index (χ0) is 13.8. The van der Waals surface area contributed by atoms with Crippen LogP contribution >= 0.6 is 0 Å². The molecule has 0 spiro atoms. The molecule has 2 rings (SSSR count). The highest BCUT2D eigenvalue weighted by Crippen LogP contribution is 2.21. The zero-order valence-electron chi connectivity index (χ0n) is 10.4. The standard InChI is InChI=1S/C14H13N3O2/c1-2-13-10(5-6-19-13)14(18)17-12-4-3-9(8-15)7-11(12)16/h3-7H,2,16H2,1H3,(H,17,18). The molecule has 0 fully saturated rings. The van der Waals surface area contributed by atoms with Crippen LogP contribution < -0.4 is 11.1 Å². The van der Waals surface area contributed by atoms with Crippen molar-refractivity contribution in [3.8, 4) is 6.07 Å². The number of amides is 1. The predicted octanol–water partition coefficient (Wildman–Crippen LogP) is 2.55. The maximum absolute atomic E-state index is 12.1. The Balaban J connectivity index is 2.22. The first kappa shape index (κ1) is 12.7. The van der Waals surface area contributed by atoms with Gasteiger partial charge < -0.3 is 15.5 Å². The maximum atomic E-state index is 12.1. The number of furan rings is 1. The number of rotatable bonds is 3. The first-order chi connectivity index (χ1) is 9.15. The lowest BCUT2D eigenvalue weighted by Crippen LogP contribution is -2.14. The molecule has 0 saturated carbocycles. The Bertz CT molecular complexity index is 653. The third-order valence-electron chi connectivity index (χ3n) is 2.74. The Morgan fingerprint density at radius 1 is 1.47 bits per heavy atom. The van der Waals surface area contributed by atoms with Crippen molar-refractivity contribution in [2.24, 2.45) is 0 Å². The molecule has 5 heteroatoms. The Hall–Kier alpha value is -2.74. The number of hydrogen-bond donors (Lipinski definition) is 2. The van der Waals surface area contributed by atoms with E-state index >= 15 is 0 Å². The normalized spacial score (nSPS) is 9.89. The minimum absolute atomic E-state index is 0.276. The average molecular weight is 255 g/mol. The van der Waals surface area contributed by atoms with Gasteiger partial charge in [0.25, 0.3) is 5.91 Å². The third kappa shape index (κ3) is 2.58. The van der Waals surface area contributed by atoms with E-state index in [0.29, 0.717) is 34.7 Å². The SMILES string of the molecule is CCc1occc1C(=O)Nc1ccc(C#N)cc1N. The first-order valence-electron chi connectivity index (χ1n) is 5.83. The van der Waals surface area contributed by atoms with Crippen molar-refractivity contribution in [3.05, 3.63) is 47.4 Å². The molecule has 1 amide bonds. The Morgan fingerprint density at radius 2 is 2.26 bits per heavy atom. The Morgan fingerprint density at radius 3 is 2.89 bits per heavy atom. The summed E-state index contributed by atoms with van der Waals surface area (Å²) in [5.74, 6) is 0.353. The number of carbonyl (C=O) groups is 1. The summed E-state index contributed by atoms with van der Waals surface area (Å²) in [6.45, 7) is 1.91. The molecule has 0 radical (unpaired) electrons. The van der Waals surface area contributed by atoms with Gasteiger partial charge in [-0.25, -0.2) is 0 Å². The molecule has 0 aliphatic carbocycles. The summed E-state index contributed by atoms with van der Waals surface area (Å²) in [5, 5.41) is 11.5. The number of nitrogens with one attached hydrogen (secondary N) is 1. The molecule has 0 unspecified atom stereocenters. The number of nitrogen functional groups attached to an aromatic ring is 1. The maximum Gasteiger partial charge on any atom is 0.259 e. The van der Waals surface area contributed by atoms with Crippen molar-refractivity contribution in [1.82, 2.24) is 0 Å². The van der Waals surface area contributed by atoms with Crippen LogP contribution in [0.1, 0.15) is 28.6 Å². The van der Waals surface area contributed by atoms with Crippen molar-refractivity contribution >= 4 is 17.3 Å². The fourth-order valence-electron chi connectivity index (χ4n) is 1.75. The topological polar surface area (TPSA) is 92.0 Å². The highest BCUT2D eigenvalue weighted by molar-refractivity contribution is 6.06. The van der Waals surface area contributed by atoms with Crippen LogP contribution in [0.4, 0.5) is 11.4 Å². The highest BCUT2D eigenvalue weighted by Gasteiger charge is 2.14. The van der Waals surface area contributed by atoms with E-state index in [1.807, 2.05) is 13.0 Å². The van der Waals surface area contributed by atoms with E-state index in [0.717, 1.165) is 0 Å². The van der Waals surface area contributed by atoms with E-state index in [9.17, 15) is 4.79 Å². The molecule has 1 heterocycles. The molecule has 1 aromatic carbocycles. The van der Waals surface area contributed by atoms with Gasteiger partial charge in [-0.15, -0.1) is 0 Å². The molecule has 1 aromatic heterocycles. The third-order valence-corrected chi connectivity index (χ3v) is 2.74. The van der Waals surface area contributed by atoms with Gasteiger partial charge in [0, 0.05) is 6.42 Å². The molecule has 3 N–H and O–H groups in total. The second-order valence-corrected chi connectivity index (χ2v) is 3.98. The number of nitriles is 1. The molecule has 96 valence electrons. The van der Waals surface area contributed by atoms with Crippen molar-refractivity contribution in [3.63, 3.8) is 0 Å².